The molecule has 0 unspecified atom stereocenters. The second kappa shape index (κ2) is 36.9. The summed E-state index contributed by atoms with van der Waals surface area (Å²) in [5.41, 5.74) is 5.32. The number of allylic oxidation sites excluding steroid dienone is 1. The maximum atomic E-state index is 12.8. The minimum atomic E-state index is -1.53. The molecule has 0 aliphatic carbocycles. The summed E-state index contributed by atoms with van der Waals surface area (Å²) in [7, 11) is 0. The number of nitrogens with two attached hydrogens (primary N) is 1. The van der Waals surface area contributed by atoms with Gasteiger partial charge in [-0.05, 0) is 32.4 Å². The third kappa shape index (κ3) is 27.8. The summed E-state index contributed by atoms with van der Waals surface area (Å²) in [6.45, 7) is 8.93. The maximum absolute atomic E-state index is 12.8. The number of phenols is 1. The number of hydrogen-bond donors (Lipinski definition) is 8. The zero-order chi connectivity index (χ0) is 51.4. The third-order valence-electron chi connectivity index (χ3n) is 9.24. The van der Waals surface area contributed by atoms with E-state index in [0.717, 1.165) is 11.0 Å². The summed E-state index contributed by atoms with van der Waals surface area (Å²) in [6.07, 6.45) is 2.95. The van der Waals surface area contributed by atoms with E-state index in [1.807, 2.05) is 0 Å². The van der Waals surface area contributed by atoms with Gasteiger partial charge in [0.25, 0.3) is 23.6 Å². The molecule has 25 heteroatoms. The molecule has 25 nitrogen and oxygen atoms in total. The Labute approximate surface area is 406 Å². The Morgan fingerprint density at radius 1 is 0.643 bits per heavy atom. The number of carboxylic acid groups (broad SMARTS) is 1. The highest BCUT2D eigenvalue weighted by atomic mass is 16.6. The molecule has 70 heavy (non-hydrogen) atoms. The number of amides is 6. The van der Waals surface area contributed by atoms with Gasteiger partial charge < -0.3 is 85.3 Å². The zero-order valence-corrected chi connectivity index (χ0v) is 39.9. The third-order valence-corrected chi connectivity index (χ3v) is 9.24. The summed E-state index contributed by atoms with van der Waals surface area (Å²) in [5, 5.41) is 37.4. The lowest BCUT2D eigenvalue weighted by Gasteiger charge is -2.17. The zero-order valence-electron chi connectivity index (χ0n) is 39.9. The lowest BCUT2D eigenvalue weighted by molar-refractivity contribution is -0.141. The monoisotopic (exact) mass is 995 g/mol. The van der Waals surface area contributed by atoms with E-state index >= 15 is 0 Å². The predicted octanol–water partition coefficient (Wildman–Crippen LogP) is -1.20. The number of ether oxygens (including phenoxy) is 9. The van der Waals surface area contributed by atoms with Gasteiger partial charge >= 0.3 is 5.97 Å². The highest BCUT2D eigenvalue weighted by Gasteiger charge is 2.25. The number of carboxylic acids is 1. The van der Waals surface area contributed by atoms with Crippen molar-refractivity contribution in [2.24, 2.45) is 5.73 Å². The summed E-state index contributed by atoms with van der Waals surface area (Å²) in [4.78, 5) is 84.9. The van der Waals surface area contributed by atoms with Crippen molar-refractivity contribution in [1.82, 2.24) is 26.2 Å². The van der Waals surface area contributed by atoms with Crippen LogP contribution in [0.4, 0.5) is 0 Å². The first-order valence-corrected chi connectivity index (χ1v) is 22.7. The number of aliphatic carboxylic acids is 1. The Balaban J connectivity index is 1.33. The molecular formula is C45H69N7O18. The van der Waals surface area contributed by atoms with Crippen molar-refractivity contribution >= 4 is 47.1 Å². The Morgan fingerprint density at radius 3 is 1.60 bits per heavy atom. The van der Waals surface area contributed by atoms with Crippen LogP contribution in [0, 0.1) is 5.41 Å². The minimum absolute atomic E-state index is 0.0281. The Kier molecular flexibility index (Phi) is 31.6. The van der Waals surface area contributed by atoms with E-state index in [0.29, 0.717) is 119 Å². The van der Waals surface area contributed by atoms with Crippen molar-refractivity contribution in [2.45, 2.75) is 39.2 Å². The summed E-state index contributed by atoms with van der Waals surface area (Å²) < 4.78 is 49.2. The van der Waals surface area contributed by atoms with Gasteiger partial charge in [-0.3, -0.25) is 33.7 Å². The van der Waals surface area contributed by atoms with E-state index in [-0.39, 0.29) is 78.5 Å². The van der Waals surface area contributed by atoms with Crippen LogP contribution in [0.25, 0.3) is 0 Å². The molecule has 0 saturated heterocycles. The fourth-order valence-corrected chi connectivity index (χ4v) is 5.77. The van der Waals surface area contributed by atoms with Gasteiger partial charge in [-0.1, -0.05) is 0 Å². The number of carbonyl (C=O) groups is 7. The molecule has 0 saturated carbocycles. The van der Waals surface area contributed by atoms with Gasteiger partial charge in [0, 0.05) is 74.2 Å². The van der Waals surface area contributed by atoms with Crippen molar-refractivity contribution < 1.29 is 86.4 Å². The molecular weight excluding hydrogens is 927 g/mol. The number of benzene rings is 1. The molecule has 0 spiro atoms. The molecule has 9 N–H and O–H groups in total. The first-order valence-electron chi connectivity index (χ1n) is 22.7. The van der Waals surface area contributed by atoms with Crippen LogP contribution in [0.15, 0.2) is 41.6 Å². The first-order chi connectivity index (χ1) is 33.7. The predicted molar refractivity (Wildman–Crippen MR) is 248 cm³/mol. The van der Waals surface area contributed by atoms with Gasteiger partial charge in [0.05, 0.1) is 118 Å². The molecule has 1 heterocycles. The summed E-state index contributed by atoms with van der Waals surface area (Å²) >= 11 is 0. The first kappa shape index (κ1) is 60.1. The Hall–Kier alpha value is -6.06. The molecule has 2 rings (SSSR count). The lowest BCUT2D eigenvalue weighted by atomic mass is 10.1. The van der Waals surface area contributed by atoms with Gasteiger partial charge in [-0.25, -0.2) is 4.79 Å². The SMILES string of the molecule is CC(=N)C(C(=O)N[C@@H](CNC(=O)c1cc(O)cc(OCCCNC(=O)CCOCCOCCOCCOCCOCCOCCOCCOCCNC(=O)CCN2C(=O)C=CC2=O)c1)C(=O)O)=C(C)N. The van der Waals surface area contributed by atoms with Crippen molar-refractivity contribution in [3.63, 3.8) is 0 Å². The molecule has 1 aromatic rings. The minimum Gasteiger partial charge on any atom is -0.508 e. The van der Waals surface area contributed by atoms with Gasteiger partial charge in [0.15, 0.2) is 0 Å². The van der Waals surface area contributed by atoms with Crippen LogP contribution in [0.3, 0.4) is 0 Å². The van der Waals surface area contributed by atoms with Crippen LogP contribution < -0.4 is 31.7 Å². The number of phenolic OH excluding ortho intramolecular Hbond substituents is 1. The van der Waals surface area contributed by atoms with Crippen LogP contribution >= 0.6 is 0 Å². The van der Waals surface area contributed by atoms with Crippen molar-refractivity contribution in [1.29, 1.82) is 5.41 Å². The van der Waals surface area contributed by atoms with E-state index in [9.17, 15) is 43.8 Å². The second-order valence-electron chi connectivity index (χ2n) is 14.9. The van der Waals surface area contributed by atoms with Crippen molar-refractivity contribution in [3.8, 4) is 11.5 Å². The van der Waals surface area contributed by atoms with Gasteiger partial charge in [-0.15, -0.1) is 0 Å². The number of nitrogens with one attached hydrogen (secondary N) is 5. The molecule has 0 bridgehead atoms. The quantitative estimate of drug-likeness (QED) is 0.0165. The second-order valence-corrected chi connectivity index (χ2v) is 14.9. The number of hydrogen-bond acceptors (Lipinski definition) is 19. The Bertz CT molecular complexity index is 1860. The van der Waals surface area contributed by atoms with Crippen LogP contribution in [-0.4, -0.2) is 207 Å². The number of rotatable bonds is 42. The van der Waals surface area contributed by atoms with Gasteiger partial charge in [0.1, 0.15) is 17.5 Å². The van der Waals surface area contributed by atoms with Crippen LogP contribution in [0.1, 0.15) is 43.5 Å². The maximum Gasteiger partial charge on any atom is 0.328 e. The average Bonchev–Trinajstić information content (AvgIpc) is 3.63. The van der Waals surface area contributed by atoms with Crippen molar-refractivity contribution in [2.75, 3.05) is 138 Å². The molecule has 392 valence electrons. The molecule has 1 aromatic carbocycles. The van der Waals surface area contributed by atoms with E-state index < -0.39 is 42.2 Å². The lowest BCUT2D eigenvalue weighted by Crippen LogP contribution is -2.49. The van der Waals surface area contributed by atoms with Crippen LogP contribution in [0.5, 0.6) is 11.5 Å². The normalized spacial score (nSPS) is 12.9. The van der Waals surface area contributed by atoms with E-state index in [1.54, 1.807) is 0 Å². The summed E-state index contributed by atoms with van der Waals surface area (Å²) in [6, 6.07) is 2.26. The number of imide groups is 1. The smallest absolute Gasteiger partial charge is 0.328 e. The highest BCUT2D eigenvalue weighted by molar-refractivity contribution is 6.20. The van der Waals surface area contributed by atoms with Gasteiger partial charge in [-0.2, -0.15) is 0 Å². The molecule has 0 aromatic heterocycles. The van der Waals surface area contributed by atoms with Gasteiger partial charge in [0.2, 0.25) is 11.8 Å². The molecule has 1 aliphatic rings. The molecule has 0 radical (unpaired) electrons. The molecule has 6 amide bonds. The molecule has 1 atom stereocenters. The highest BCUT2D eigenvalue weighted by Crippen LogP contribution is 2.22. The van der Waals surface area contributed by atoms with E-state index in [4.69, 9.17) is 53.8 Å². The van der Waals surface area contributed by atoms with E-state index in [2.05, 4.69) is 21.3 Å². The van der Waals surface area contributed by atoms with Crippen LogP contribution in [0.2, 0.25) is 0 Å². The Morgan fingerprint density at radius 2 is 1.11 bits per heavy atom. The fraction of sp³-hybridized carbons (Fsp3) is 0.600. The topological polar surface area (TPSA) is 344 Å². The summed E-state index contributed by atoms with van der Waals surface area (Å²) in [5.74, 6) is -4.48. The number of carbonyl (C=O) groups excluding carboxylic acids is 6. The number of nitrogens with zero attached hydrogens (tertiary/aromatic N) is 1. The largest absolute Gasteiger partial charge is 0.508 e. The number of aromatic hydroxyl groups is 1. The average molecular weight is 996 g/mol. The van der Waals surface area contributed by atoms with E-state index in [1.165, 1.54) is 38.1 Å². The van der Waals surface area contributed by atoms with Crippen molar-refractivity contribution in [3.05, 3.63) is 47.2 Å². The van der Waals surface area contributed by atoms with Crippen LogP contribution in [-0.2, 0) is 66.7 Å². The fourth-order valence-electron chi connectivity index (χ4n) is 5.77. The molecule has 0 fully saturated rings. The molecule has 1 aliphatic heterocycles. The standard InChI is InChI=1S/C45H69N7O18/c1-32(46)42(33(2)47)44(59)51-37(45(60)61)31-50-43(58)34-28-35(53)30-36(29-34)70-11-3-8-48-39(55)7-12-62-14-16-64-18-20-66-22-24-68-26-27-69-25-23-67-21-19-65-17-15-63-13-9-49-38(54)6-10-52-40(56)4-5-41(52)57/h4-5,28-30,37,46,53H,3,6-27,31,47H2,1-2H3,(H,48,55)(H,49,54)(H,50,58)(H,51,59)(H,60,61)/t37-/m0/s1.